The molecule has 3 heterocycles. The van der Waals surface area contributed by atoms with Crippen LogP contribution in [-0.2, 0) is 0 Å². The molecule has 0 saturated heterocycles. The van der Waals surface area contributed by atoms with Crippen LogP contribution in [0.2, 0.25) is 0 Å². The zero-order valence-electron chi connectivity index (χ0n) is 12.6. The van der Waals surface area contributed by atoms with Crippen molar-refractivity contribution in [3.8, 4) is 11.8 Å². The largest absolute Gasteiger partial charge is 1.00 e. The molecule has 0 amide bonds. The average Bonchev–Trinajstić information content (AvgIpc) is 2.62. The fourth-order valence-corrected chi connectivity index (χ4v) is 2.43. The molecular weight excluding hydrogens is 343 g/mol. The minimum Gasteiger partial charge on any atom is -1.00 e. The van der Waals surface area contributed by atoms with Crippen molar-refractivity contribution < 1.29 is 33.9 Å². The van der Waals surface area contributed by atoms with Gasteiger partial charge in [0.15, 0.2) is 5.52 Å². The number of halogens is 2. The third-order valence-corrected chi connectivity index (χ3v) is 3.48. The first kappa shape index (κ1) is 17.8. The van der Waals surface area contributed by atoms with Crippen molar-refractivity contribution in [1.82, 2.24) is 9.97 Å². The van der Waals surface area contributed by atoms with E-state index in [9.17, 15) is 0 Å². The molecule has 0 atom stereocenters. The van der Waals surface area contributed by atoms with E-state index in [-0.39, 0.29) is 24.8 Å². The molecule has 4 rings (SSSR count). The van der Waals surface area contributed by atoms with Gasteiger partial charge in [0.1, 0.15) is 5.39 Å². The molecule has 0 unspecified atom stereocenters. The molecule has 3 aromatic heterocycles. The van der Waals surface area contributed by atoms with E-state index in [4.69, 9.17) is 4.98 Å². The quantitative estimate of drug-likeness (QED) is 0.345. The highest BCUT2D eigenvalue weighted by molar-refractivity contribution is 5.83. The molecule has 24 heavy (non-hydrogen) atoms. The molecule has 4 nitrogen and oxygen atoms in total. The minimum absolute atomic E-state index is 0. The Labute approximate surface area is 152 Å². The zero-order chi connectivity index (χ0) is 14.8. The maximum Gasteiger partial charge on any atom is 0.478 e. The zero-order valence-corrected chi connectivity index (χ0v) is 14.1. The summed E-state index contributed by atoms with van der Waals surface area (Å²) in [6.07, 6.45) is 7.88. The molecule has 0 aliphatic carbocycles. The van der Waals surface area contributed by atoms with Crippen LogP contribution in [0.1, 0.15) is 0 Å². The highest BCUT2D eigenvalue weighted by atomic mass is 35.5. The number of benzene rings is 1. The summed E-state index contributed by atoms with van der Waals surface area (Å²) in [5.41, 5.74) is 0.926. The number of nitrogens with zero attached hydrogens (tertiary/aromatic N) is 4. The summed E-state index contributed by atoms with van der Waals surface area (Å²) < 4.78 is 3.93. The van der Waals surface area contributed by atoms with Gasteiger partial charge in [-0.05, 0) is 36.4 Å². The Morgan fingerprint density at radius 2 is 1.17 bits per heavy atom. The Kier molecular flexibility index (Phi) is 5.79. The van der Waals surface area contributed by atoms with Gasteiger partial charge in [-0.2, -0.15) is 4.57 Å². The number of pyridine rings is 2. The predicted octanol–water partition coefficient (Wildman–Crippen LogP) is -3.81. The Morgan fingerprint density at radius 3 is 1.83 bits per heavy atom. The molecular formula is C18H14Cl2N4. The Hall–Kier alpha value is -2.56. The van der Waals surface area contributed by atoms with Gasteiger partial charge in [-0.15, -0.1) is 0 Å². The van der Waals surface area contributed by atoms with Crippen LogP contribution in [0, 0.1) is 0 Å². The van der Waals surface area contributed by atoms with Crippen LogP contribution in [0.5, 0.6) is 0 Å². The Balaban J connectivity index is 0.00000104. The summed E-state index contributed by atoms with van der Waals surface area (Å²) in [6, 6.07) is 19.9. The van der Waals surface area contributed by atoms with E-state index >= 15 is 0 Å². The van der Waals surface area contributed by atoms with Crippen molar-refractivity contribution in [2.24, 2.45) is 0 Å². The Morgan fingerprint density at radius 1 is 0.583 bits per heavy atom. The monoisotopic (exact) mass is 356 g/mol. The number of fused-ring (bicyclic) bond motifs is 1. The van der Waals surface area contributed by atoms with Crippen LogP contribution in [0.3, 0.4) is 0 Å². The summed E-state index contributed by atoms with van der Waals surface area (Å²) in [6.45, 7) is 0. The van der Waals surface area contributed by atoms with Gasteiger partial charge in [-0.1, -0.05) is 29.2 Å². The number of rotatable bonds is 2. The topological polar surface area (TPSA) is 33.5 Å². The summed E-state index contributed by atoms with van der Waals surface area (Å²) in [5, 5.41) is 1.03. The van der Waals surface area contributed by atoms with Gasteiger partial charge in [0, 0.05) is 4.98 Å². The van der Waals surface area contributed by atoms with Crippen molar-refractivity contribution in [3.05, 3.63) is 85.5 Å². The van der Waals surface area contributed by atoms with Crippen LogP contribution in [0.15, 0.2) is 85.5 Å². The van der Waals surface area contributed by atoms with E-state index in [0.29, 0.717) is 5.95 Å². The second-order valence-corrected chi connectivity index (χ2v) is 4.93. The molecule has 120 valence electrons. The standard InChI is InChI=1S/C18H14N4.2ClH/c1-5-11-21(12-6-1)17-15-9-3-4-10-16(15)19-18(20-17)22-13-7-2-8-14-22;;/h1-14H;2*1H/q+2;;/p-2. The van der Waals surface area contributed by atoms with Crippen LogP contribution >= 0.6 is 0 Å². The molecule has 0 aliphatic heterocycles. The molecule has 0 N–H and O–H groups in total. The molecule has 0 saturated carbocycles. The van der Waals surface area contributed by atoms with E-state index < -0.39 is 0 Å². The first-order valence-electron chi connectivity index (χ1n) is 7.12. The van der Waals surface area contributed by atoms with Gasteiger partial charge in [0.05, 0.1) is 24.8 Å². The average molecular weight is 357 g/mol. The second-order valence-electron chi connectivity index (χ2n) is 4.93. The van der Waals surface area contributed by atoms with Crippen LogP contribution in [0.25, 0.3) is 22.7 Å². The van der Waals surface area contributed by atoms with Crippen molar-refractivity contribution in [2.75, 3.05) is 0 Å². The van der Waals surface area contributed by atoms with Crippen LogP contribution in [0.4, 0.5) is 0 Å². The van der Waals surface area contributed by atoms with Gasteiger partial charge in [-0.25, -0.2) is 4.57 Å². The lowest BCUT2D eigenvalue weighted by Crippen LogP contribution is -3.00. The fourth-order valence-electron chi connectivity index (χ4n) is 2.43. The van der Waals surface area contributed by atoms with E-state index in [1.165, 1.54) is 0 Å². The molecule has 1 aromatic carbocycles. The van der Waals surface area contributed by atoms with Crippen molar-refractivity contribution in [1.29, 1.82) is 0 Å². The lowest BCUT2D eigenvalue weighted by molar-refractivity contribution is -0.613. The van der Waals surface area contributed by atoms with Crippen molar-refractivity contribution in [3.63, 3.8) is 0 Å². The van der Waals surface area contributed by atoms with Gasteiger partial charge >= 0.3 is 11.8 Å². The molecule has 0 spiro atoms. The SMILES string of the molecule is [Cl-].[Cl-].c1cc[n+](-c2nc(-[n+]3ccccc3)c3ccccc3n2)cc1. The molecule has 0 fully saturated rings. The molecule has 0 radical (unpaired) electrons. The Bertz CT molecular complexity index is 931. The summed E-state index contributed by atoms with van der Waals surface area (Å²) in [7, 11) is 0. The van der Waals surface area contributed by atoms with Crippen LogP contribution in [-0.4, -0.2) is 9.97 Å². The maximum atomic E-state index is 4.76. The van der Waals surface area contributed by atoms with Gasteiger partial charge in [0.25, 0.3) is 0 Å². The minimum atomic E-state index is 0. The molecule has 6 heteroatoms. The van der Waals surface area contributed by atoms with E-state index in [0.717, 1.165) is 16.7 Å². The molecule has 4 aromatic rings. The van der Waals surface area contributed by atoms with Crippen molar-refractivity contribution >= 4 is 10.9 Å². The number of hydrogen-bond acceptors (Lipinski definition) is 2. The predicted molar refractivity (Wildman–Crippen MR) is 82.6 cm³/mol. The van der Waals surface area contributed by atoms with Gasteiger partial charge in [-0.3, -0.25) is 0 Å². The number of hydrogen-bond donors (Lipinski definition) is 0. The lowest BCUT2D eigenvalue weighted by Gasteiger charge is -2.00. The third-order valence-electron chi connectivity index (χ3n) is 3.48. The molecule has 0 aliphatic rings. The number of aromatic nitrogens is 4. The van der Waals surface area contributed by atoms with E-state index in [1.807, 2.05) is 94.6 Å². The van der Waals surface area contributed by atoms with Gasteiger partial charge < -0.3 is 24.8 Å². The summed E-state index contributed by atoms with van der Waals surface area (Å²) in [5.74, 6) is 1.53. The van der Waals surface area contributed by atoms with E-state index in [1.54, 1.807) is 0 Å². The van der Waals surface area contributed by atoms with E-state index in [2.05, 4.69) is 4.98 Å². The first-order chi connectivity index (χ1) is 10.9. The lowest BCUT2D eigenvalue weighted by atomic mass is 10.2. The highest BCUT2D eigenvalue weighted by Crippen LogP contribution is 2.15. The third kappa shape index (κ3) is 3.35. The normalized spacial score (nSPS) is 9.83. The highest BCUT2D eigenvalue weighted by Gasteiger charge is 2.22. The summed E-state index contributed by atoms with van der Waals surface area (Å²) >= 11 is 0. The first-order valence-corrected chi connectivity index (χ1v) is 7.12. The van der Waals surface area contributed by atoms with Gasteiger partial charge in [0.2, 0.25) is 0 Å². The smallest absolute Gasteiger partial charge is 0.478 e. The maximum absolute atomic E-state index is 4.76. The van der Waals surface area contributed by atoms with Crippen molar-refractivity contribution in [2.45, 2.75) is 0 Å². The molecule has 0 bridgehead atoms. The van der Waals surface area contributed by atoms with Crippen LogP contribution < -0.4 is 33.9 Å². The number of para-hydroxylation sites is 1. The fraction of sp³-hybridized carbons (Fsp3) is 0. The summed E-state index contributed by atoms with van der Waals surface area (Å²) in [4.78, 5) is 9.43. The second kappa shape index (κ2) is 7.81.